The van der Waals surface area contributed by atoms with Gasteiger partial charge < -0.3 is 15.4 Å². The number of carbonyl (C=O) groups is 1. The maximum Gasteiger partial charge on any atom is 0.275 e. The highest BCUT2D eigenvalue weighted by Crippen LogP contribution is 2.13. The van der Waals surface area contributed by atoms with E-state index in [-0.39, 0.29) is 11.9 Å². The van der Waals surface area contributed by atoms with Crippen LogP contribution in [0.4, 0.5) is 0 Å². The van der Waals surface area contributed by atoms with E-state index in [1.807, 2.05) is 53.8 Å². The van der Waals surface area contributed by atoms with E-state index in [4.69, 9.17) is 16.3 Å². The summed E-state index contributed by atoms with van der Waals surface area (Å²) < 4.78 is 5.11. The van der Waals surface area contributed by atoms with Gasteiger partial charge in [0, 0.05) is 17.1 Å². The number of benzene rings is 2. The molecule has 1 amide bonds. The van der Waals surface area contributed by atoms with Crippen LogP contribution in [0.2, 0.25) is 5.02 Å². The standard InChI is InChI=1S/C18H21ClN2O2/c1-13(15-5-7-16(19)8-6-15)20-12-18(22)21-11-14-3-9-17(23-2)10-4-14/h3-10,13,20H,11-12H2,1-2H3,(H,21,22)/p+1/t13-/m1/s1. The van der Waals surface area contributed by atoms with Crippen LogP contribution < -0.4 is 15.4 Å². The molecule has 0 radical (unpaired) electrons. The van der Waals surface area contributed by atoms with E-state index < -0.39 is 0 Å². The Balaban J connectivity index is 1.74. The molecule has 3 N–H and O–H groups in total. The minimum Gasteiger partial charge on any atom is -0.497 e. The van der Waals surface area contributed by atoms with E-state index in [0.717, 1.165) is 21.9 Å². The summed E-state index contributed by atoms with van der Waals surface area (Å²) in [6, 6.07) is 15.6. The molecule has 2 aromatic carbocycles. The maximum atomic E-state index is 11.9. The second-order valence-corrected chi connectivity index (χ2v) is 5.84. The fraction of sp³-hybridized carbons (Fsp3) is 0.278. The average molecular weight is 334 g/mol. The van der Waals surface area contributed by atoms with Crippen molar-refractivity contribution in [3.63, 3.8) is 0 Å². The molecule has 2 aromatic rings. The van der Waals surface area contributed by atoms with Crippen LogP contribution in [0.5, 0.6) is 5.75 Å². The van der Waals surface area contributed by atoms with Crippen LogP contribution >= 0.6 is 11.6 Å². The monoisotopic (exact) mass is 333 g/mol. The quantitative estimate of drug-likeness (QED) is 0.817. The van der Waals surface area contributed by atoms with Crippen molar-refractivity contribution in [2.75, 3.05) is 13.7 Å². The molecule has 1 atom stereocenters. The summed E-state index contributed by atoms with van der Waals surface area (Å²) in [5.74, 6) is 0.826. The third-order valence-electron chi connectivity index (χ3n) is 3.70. The predicted molar refractivity (Wildman–Crippen MR) is 91.5 cm³/mol. The highest BCUT2D eigenvalue weighted by Gasteiger charge is 2.11. The first-order valence-electron chi connectivity index (χ1n) is 7.57. The zero-order chi connectivity index (χ0) is 16.7. The molecule has 0 saturated heterocycles. The lowest BCUT2D eigenvalue weighted by Crippen LogP contribution is -2.87. The Hall–Kier alpha value is -2.04. The number of hydrogen-bond donors (Lipinski definition) is 2. The Bertz CT molecular complexity index is 626. The van der Waals surface area contributed by atoms with Gasteiger partial charge in [0.05, 0.1) is 7.11 Å². The van der Waals surface area contributed by atoms with Crippen molar-refractivity contribution in [2.45, 2.75) is 19.5 Å². The van der Waals surface area contributed by atoms with Crippen LogP contribution in [0.3, 0.4) is 0 Å². The number of hydrogen-bond acceptors (Lipinski definition) is 2. The summed E-state index contributed by atoms with van der Waals surface area (Å²) in [6.45, 7) is 2.98. The van der Waals surface area contributed by atoms with Crippen LogP contribution in [0.25, 0.3) is 0 Å². The van der Waals surface area contributed by atoms with Gasteiger partial charge in [-0.1, -0.05) is 35.9 Å². The lowest BCUT2D eigenvalue weighted by atomic mass is 10.1. The molecule has 0 bridgehead atoms. The topological polar surface area (TPSA) is 54.9 Å². The molecule has 0 aliphatic carbocycles. The molecule has 0 fully saturated rings. The second kappa shape index (κ2) is 8.56. The van der Waals surface area contributed by atoms with Gasteiger partial charge in [-0.3, -0.25) is 4.79 Å². The van der Waals surface area contributed by atoms with Gasteiger partial charge in [-0.15, -0.1) is 0 Å². The second-order valence-electron chi connectivity index (χ2n) is 5.40. The Labute approximate surface area is 141 Å². The summed E-state index contributed by atoms with van der Waals surface area (Å²) in [6.07, 6.45) is 0. The van der Waals surface area contributed by atoms with Crippen LogP contribution in [0, 0.1) is 0 Å². The van der Waals surface area contributed by atoms with Gasteiger partial charge in [0.15, 0.2) is 6.54 Å². The van der Waals surface area contributed by atoms with E-state index >= 15 is 0 Å². The predicted octanol–water partition coefficient (Wildman–Crippen LogP) is 2.29. The van der Waals surface area contributed by atoms with Crippen LogP contribution in [0.15, 0.2) is 48.5 Å². The van der Waals surface area contributed by atoms with Gasteiger partial charge in [-0.25, -0.2) is 0 Å². The molecular weight excluding hydrogens is 312 g/mol. The van der Waals surface area contributed by atoms with Gasteiger partial charge in [0.25, 0.3) is 5.91 Å². The van der Waals surface area contributed by atoms with Gasteiger partial charge in [0.1, 0.15) is 11.8 Å². The zero-order valence-electron chi connectivity index (χ0n) is 13.4. The van der Waals surface area contributed by atoms with Crippen molar-refractivity contribution in [1.29, 1.82) is 0 Å². The van der Waals surface area contributed by atoms with Crippen LogP contribution in [0.1, 0.15) is 24.1 Å². The smallest absolute Gasteiger partial charge is 0.275 e. The summed E-state index contributed by atoms with van der Waals surface area (Å²) >= 11 is 5.88. The molecule has 0 aliphatic rings. The molecule has 0 aliphatic heterocycles. The molecule has 0 saturated carbocycles. The first-order valence-corrected chi connectivity index (χ1v) is 7.94. The molecule has 5 heteroatoms. The number of ether oxygens (including phenoxy) is 1. The molecule has 23 heavy (non-hydrogen) atoms. The summed E-state index contributed by atoms with van der Waals surface area (Å²) in [7, 11) is 1.63. The number of halogens is 1. The molecule has 122 valence electrons. The number of quaternary nitrogens is 1. The van der Waals surface area contributed by atoms with Crippen LogP contribution in [-0.2, 0) is 11.3 Å². The van der Waals surface area contributed by atoms with E-state index in [0.29, 0.717) is 13.1 Å². The molecule has 4 nitrogen and oxygen atoms in total. The zero-order valence-corrected chi connectivity index (χ0v) is 14.1. The Morgan fingerprint density at radius 2 is 1.83 bits per heavy atom. The van der Waals surface area contributed by atoms with Gasteiger partial charge in [-0.05, 0) is 36.8 Å². The largest absolute Gasteiger partial charge is 0.497 e. The first-order chi connectivity index (χ1) is 11.1. The van der Waals surface area contributed by atoms with Crippen molar-refractivity contribution < 1.29 is 14.8 Å². The Morgan fingerprint density at radius 3 is 2.43 bits per heavy atom. The molecule has 2 rings (SSSR count). The number of nitrogens with one attached hydrogen (secondary N) is 1. The van der Waals surface area contributed by atoms with Crippen LogP contribution in [-0.4, -0.2) is 19.6 Å². The van der Waals surface area contributed by atoms with Crippen molar-refractivity contribution in [3.05, 3.63) is 64.7 Å². The average Bonchev–Trinajstić information content (AvgIpc) is 2.59. The summed E-state index contributed by atoms with van der Waals surface area (Å²) in [5.41, 5.74) is 2.20. The van der Waals surface area contributed by atoms with E-state index in [9.17, 15) is 4.79 Å². The maximum absolute atomic E-state index is 11.9. The third-order valence-corrected chi connectivity index (χ3v) is 3.95. The SMILES string of the molecule is COc1ccc(CNC(=O)C[NH2+][C@H](C)c2ccc(Cl)cc2)cc1. The normalized spacial score (nSPS) is 11.8. The minimum absolute atomic E-state index is 0.0154. The lowest BCUT2D eigenvalue weighted by Gasteiger charge is -2.11. The van der Waals surface area contributed by atoms with E-state index in [2.05, 4.69) is 12.2 Å². The number of methoxy groups -OCH3 is 1. The molecule has 0 unspecified atom stereocenters. The van der Waals surface area contributed by atoms with Crippen molar-refractivity contribution in [1.82, 2.24) is 5.32 Å². The number of amides is 1. The first kappa shape index (κ1) is 17.3. The van der Waals surface area contributed by atoms with Crippen molar-refractivity contribution in [2.24, 2.45) is 0 Å². The fourth-order valence-electron chi connectivity index (χ4n) is 2.20. The Kier molecular flexibility index (Phi) is 6.44. The van der Waals surface area contributed by atoms with Crippen molar-refractivity contribution >= 4 is 17.5 Å². The fourth-order valence-corrected chi connectivity index (χ4v) is 2.33. The number of carbonyl (C=O) groups excluding carboxylic acids is 1. The van der Waals surface area contributed by atoms with E-state index in [1.165, 1.54) is 0 Å². The summed E-state index contributed by atoms with van der Waals surface area (Å²) in [4.78, 5) is 11.9. The third kappa shape index (κ3) is 5.58. The summed E-state index contributed by atoms with van der Waals surface area (Å²) in [5, 5.41) is 5.65. The highest BCUT2D eigenvalue weighted by atomic mass is 35.5. The molecule has 0 aromatic heterocycles. The van der Waals surface area contributed by atoms with Gasteiger partial charge in [-0.2, -0.15) is 0 Å². The lowest BCUT2D eigenvalue weighted by molar-refractivity contribution is -0.682. The molecular formula is C18H22ClN2O2+. The van der Waals surface area contributed by atoms with Crippen molar-refractivity contribution in [3.8, 4) is 5.75 Å². The Morgan fingerprint density at radius 1 is 1.17 bits per heavy atom. The minimum atomic E-state index is 0.0154. The molecule has 0 spiro atoms. The number of rotatable bonds is 7. The van der Waals surface area contributed by atoms with Gasteiger partial charge in [0.2, 0.25) is 0 Å². The van der Waals surface area contributed by atoms with E-state index in [1.54, 1.807) is 7.11 Å². The molecule has 0 heterocycles. The van der Waals surface area contributed by atoms with Gasteiger partial charge >= 0.3 is 0 Å². The highest BCUT2D eigenvalue weighted by molar-refractivity contribution is 6.30. The number of nitrogens with two attached hydrogens (primary N) is 1.